The van der Waals surface area contributed by atoms with E-state index in [-0.39, 0.29) is 0 Å². The fourth-order valence-corrected chi connectivity index (χ4v) is 2.40. The van der Waals surface area contributed by atoms with Crippen LogP contribution in [0, 0.1) is 0 Å². The third-order valence-corrected chi connectivity index (χ3v) is 4.06. The summed E-state index contributed by atoms with van der Waals surface area (Å²) in [4.78, 5) is 27.0. The number of carboxylic acids is 2. The molecule has 0 saturated heterocycles. The second kappa shape index (κ2) is 13.6. The zero-order valence-corrected chi connectivity index (χ0v) is 17.7. The first kappa shape index (κ1) is 25.4. The van der Waals surface area contributed by atoms with Crippen molar-refractivity contribution < 1.29 is 24.5 Å². The number of hydrazone groups is 1. The predicted octanol–water partition coefficient (Wildman–Crippen LogP) is 1.48. The molecule has 0 radical (unpaired) electrons. The summed E-state index contributed by atoms with van der Waals surface area (Å²) >= 11 is 0. The summed E-state index contributed by atoms with van der Waals surface area (Å²) < 4.78 is 5.24. The Morgan fingerprint density at radius 2 is 2.06 bits per heavy atom. The van der Waals surface area contributed by atoms with Crippen LogP contribution in [-0.2, 0) is 9.59 Å². The third kappa shape index (κ3) is 9.63. The molecular weight excluding hydrogens is 404 g/mol. The molecule has 11 heteroatoms. The SMILES string of the molecule is CCCCCN=C(N)N/N=C\c1c[nH]c2ccc(OC)cc12.N[C@@H](CC(=O)O)C(=O)O. The zero-order chi connectivity index (χ0) is 23.2. The molecule has 2 aromatic rings. The van der Waals surface area contributed by atoms with Crippen LogP contribution in [0.2, 0.25) is 0 Å². The van der Waals surface area contributed by atoms with Gasteiger partial charge in [0, 0.05) is 29.2 Å². The van der Waals surface area contributed by atoms with E-state index in [9.17, 15) is 9.59 Å². The number of hydrogen-bond acceptors (Lipinski definition) is 6. The predicted molar refractivity (Wildman–Crippen MR) is 119 cm³/mol. The minimum Gasteiger partial charge on any atom is -0.497 e. The molecule has 0 bridgehead atoms. The highest BCUT2D eigenvalue weighted by Crippen LogP contribution is 2.22. The van der Waals surface area contributed by atoms with Crippen LogP contribution in [0.25, 0.3) is 10.9 Å². The molecule has 1 aromatic carbocycles. The number of aliphatic imine (C=N–C) groups is 1. The van der Waals surface area contributed by atoms with Gasteiger partial charge in [0.2, 0.25) is 5.96 Å². The second-order valence-corrected chi connectivity index (χ2v) is 6.54. The fraction of sp³-hybridized carbons (Fsp3) is 0.400. The number of aliphatic carboxylic acids is 2. The number of ether oxygens (including phenoxy) is 1. The summed E-state index contributed by atoms with van der Waals surface area (Å²) in [6.45, 7) is 2.89. The molecule has 11 nitrogen and oxygen atoms in total. The van der Waals surface area contributed by atoms with Gasteiger partial charge in [0.05, 0.1) is 19.7 Å². The van der Waals surface area contributed by atoms with Gasteiger partial charge < -0.3 is 31.4 Å². The summed E-state index contributed by atoms with van der Waals surface area (Å²) in [6.07, 6.45) is 6.46. The Morgan fingerprint density at radius 1 is 1.32 bits per heavy atom. The summed E-state index contributed by atoms with van der Waals surface area (Å²) in [6, 6.07) is 4.57. The summed E-state index contributed by atoms with van der Waals surface area (Å²) in [5.74, 6) is -1.35. The molecule has 1 aromatic heterocycles. The van der Waals surface area contributed by atoms with Gasteiger partial charge in [0.15, 0.2) is 0 Å². The first-order valence-corrected chi connectivity index (χ1v) is 9.72. The highest BCUT2D eigenvalue weighted by atomic mass is 16.5. The van der Waals surface area contributed by atoms with Gasteiger partial charge in [0.25, 0.3) is 0 Å². The molecule has 0 saturated carbocycles. The van der Waals surface area contributed by atoms with Gasteiger partial charge in [-0.05, 0) is 24.6 Å². The van der Waals surface area contributed by atoms with Crippen molar-refractivity contribution in [1.29, 1.82) is 0 Å². The maximum atomic E-state index is 9.85. The Labute approximate surface area is 180 Å². The lowest BCUT2D eigenvalue weighted by atomic mass is 10.2. The lowest BCUT2D eigenvalue weighted by molar-refractivity contribution is -0.144. The Balaban J connectivity index is 0.000000452. The number of aromatic nitrogens is 1. The van der Waals surface area contributed by atoms with Crippen molar-refractivity contribution in [3.8, 4) is 5.75 Å². The Bertz CT molecular complexity index is 909. The first-order chi connectivity index (χ1) is 14.8. The van der Waals surface area contributed by atoms with Crippen molar-refractivity contribution >= 4 is 35.0 Å². The van der Waals surface area contributed by atoms with E-state index in [0.717, 1.165) is 41.6 Å². The van der Waals surface area contributed by atoms with Crippen molar-refractivity contribution in [1.82, 2.24) is 10.4 Å². The highest BCUT2D eigenvalue weighted by Gasteiger charge is 2.14. The van der Waals surface area contributed by atoms with Crippen LogP contribution < -0.4 is 21.6 Å². The van der Waals surface area contributed by atoms with Crippen LogP contribution in [0.15, 0.2) is 34.5 Å². The van der Waals surface area contributed by atoms with Gasteiger partial charge in [-0.15, -0.1) is 0 Å². The number of methoxy groups -OCH3 is 1. The monoisotopic (exact) mass is 434 g/mol. The van der Waals surface area contributed by atoms with E-state index in [2.05, 4.69) is 27.4 Å². The van der Waals surface area contributed by atoms with E-state index in [4.69, 9.17) is 26.4 Å². The molecule has 0 unspecified atom stereocenters. The third-order valence-electron chi connectivity index (χ3n) is 4.06. The molecule has 31 heavy (non-hydrogen) atoms. The van der Waals surface area contributed by atoms with Crippen molar-refractivity contribution in [3.63, 3.8) is 0 Å². The van der Waals surface area contributed by atoms with E-state index in [0.29, 0.717) is 5.96 Å². The van der Waals surface area contributed by atoms with Crippen LogP contribution >= 0.6 is 0 Å². The average molecular weight is 434 g/mol. The first-order valence-electron chi connectivity index (χ1n) is 9.72. The number of nitrogens with two attached hydrogens (primary N) is 2. The molecule has 0 spiro atoms. The number of hydrogen-bond donors (Lipinski definition) is 6. The largest absolute Gasteiger partial charge is 0.497 e. The van der Waals surface area contributed by atoms with E-state index < -0.39 is 24.4 Å². The molecule has 0 fully saturated rings. The van der Waals surface area contributed by atoms with Gasteiger partial charge in [-0.2, -0.15) is 5.10 Å². The molecule has 8 N–H and O–H groups in total. The Morgan fingerprint density at radius 3 is 2.65 bits per heavy atom. The van der Waals surface area contributed by atoms with Gasteiger partial charge in [-0.25, -0.2) is 5.43 Å². The number of rotatable bonds is 10. The number of nitrogens with zero attached hydrogens (tertiary/aromatic N) is 2. The molecule has 2 rings (SSSR count). The maximum Gasteiger partial charge on any atom is 0.321 e. The quantitative estimate of drug-likeness (QED) is 0.140. The van der Waals surface area contributed by atoms with Crippen LogP contribution in [0.3, 0.4) is 0 Å². The number of aromatic amines is 1. The number of H-pyrrole nitrogens is 1. The molecule has 170 valence electrons. The van der Waals surface area contributed by atoms with Crippen LogP contribution in [-0.4, -0.2) is 59.0 Å². The van der Waals surface area contributed by atoms with E-state index in [1.807, 2.05) is 24.4 Å². The second-order valence-electron chi connectivity index (χ2n) is 6.54. The molecular formula is C20H30N6O5. The van der Waals surface area contributed by atoms with E-state index in [1.165, 1.54) is 6.42 Å². The van der Waals surface area contributed by atoms with Gasteiger partial charge >= 0.3 is 11.9 Å². The van der Waals surface area contributed by atoms with Crippen molar-refractivity contribution in [2.75, 3.05) is 13.7 Å². The fourth-order valence-electron chi connectivity index (χ4n) is 2.40. The number of carbonyl (C=O) groups is 2. The van der Waals surface area contributed by atoms with E-state index in [1.54, 1.807) is 13.3 Å². The molecule has 0 amide bonds. The minimum atomic E-state index is -1.29. The number of nitrogens with one attached hydrogen (secondary N) is 2. The van der Waals surface area contributed by atoms with Crippen LogP contribution in [0.5, 0.6) is 5.75 Å². The summed E-state index contributed by atoms with van der Waals surface area (Å²) in [5.41, 5.74) is 15.3. The van der Waals surface area contributed by atoms with Gasteiger partial charge in [0.1, 0.15) is 11.8 Å². The van der Waals surface area contributed by atoms with Crippen molar-refractivity contribution in [2.24, 2.45) is 21.6 Å². The number of unbranched alkanes of at least 4 members (excludes halogenated alkanes) is 2. The lowest BCUT2D eigenvalue weighted by Gasteiger charge is -2.00. The van der Waals surface area contributed by atoms with Gasteiger partial charge in [-0.3, -0.25) is 14.6 Å². The topological polar surface area (TPSA) is 188 Å². The lowest BCUT2D eigenvalue weighted by Crippen LogP contribution is -2.32. The highest BCUT2D eigenvalue weighted by molar-refractivity contribution is 5.99. The number of guanidine groups is 1. The van der Waals surface area contributed by atoms with Crippen molar-refractivity contribution in [3.05, 3.63) is 30.0 Å². The van der Waals surface area contributed by atoms with Crippen LogP contribution in [0.4, 0.5) is 0 Å². The normalized spacial score (nSPS) is 12.3. The number of fused-ring (bicyclic) bond motifs is 1. The standard InChI is InChI=1S/C16H23N5O.C4H7NO4/c1-3-4-5-8-18-16(17)21-20-11-12-10-19-15-7-6-13(22-2)9-14(12)15;5-2(4(8)9)1-3(6)7/h6-7,9-11,19H,3-5,8H2,1-2H3,(H3,17,18,21);2H,1,5H2,(H,6,7)(H,8,9)/b20-11-;/t;2-/m.0/s1. The number of carboxylic acid groups (broad SMARTS) is 2. The molecule has 1 atom stereocenters. The van der Waals surface area contributed by atoms with Crippen LogP contribution in [0.1, 0.15) is 38.2 Å². The Kier molecular flexibility index (Phi) is 11.2. The Hall–Kier alpha value is -3.60. The summed E-state index contributed by atoms with van der Waals surface area (Å²) in [7, 11) is 1.65. The maximum absolute atomic E-state index is 9.85. The molecule has 0 aliphatic carbocycles. The van der Waals surface area contributed by atoms with Gasteiger partial charge in [-0.1, -0.05) is 19.8 Å². The van der Waals surface area contributed by atoms with Crippen molar-refractivity contribution in [2.45, 2.75) is 38.6 Å². The minimum absolute atomic E-state index is 0.338. The molecule has 0 aliphatic rings. The molecule has 0 aliphatic heterocycles. The smallest absolute Gasteiger partial charge is 0.321 e. The summed E-state index contributed by atoms with van der Waals surface area (Å²) in [5, 5.41) is 21.2. The van der Waals surface area contributed by atoms with E-state index >= 15 is 0 Å². The molecule has 1 heterocycles. The number of benzene rings is 1. The average Bonchev–Trinajstić information content (AvgIpc) is 3.13. The zero-order valence-electron chi connectivity index (χ0n) is 17.7.